The molecular formula is C25H35N7O. The third-order valence-electron chi connectivity index (χ3n) is 7.95. The van der Waals surface area contributed by atoms with Gasteiger partial charge in [-0.05, 0) is 56.7 Å². The van der Waals surface area contributed by atoms with Crippen molar-refractivity contribution in [1.29, 1.82) is 0 Å². The van der Waals surface area contributed by atoms with Crippen molar-refractivity contribution in [2.45, 2.75) is 69.4 Å². The van der Waals surface area contributed by atoms with Crippen molar-refractivity contribution in [2.24, 2.45) is 5.92 Å². The largest absolute Gasteiger partial charge is 0.372 e. The molecule has 2 saturated heterocycles. The second-order valence-corrected chi connectivity index (χ2v) is 10.5. The first-order chi connectivity index (χ1) is 16.2. The van der Waals surface area contributed by atoms with E-state index in [9.17, 15) is 0 Å². The number of hydrazine groups is 1. The number of hydrogen-bond donors (Lipinski definition) is 2. The predicted molar refractivity (Wildman–Crippen MR) is 126 cm³/mol. The standard InChI is InChI=1S/C25H35N7O/c1-25(6-7-25)33-19-2-3-21-20(14-19)24(30-29-21)22-15-23(28-17-27-22)32-12-10-31(11-13-32)16-18-4-8-26-9-5-18/h4-5,8-9,15,17,19-21,24,29-30H,2-3,6-7,10-14,16H2,1H3. The highest BCUT2D eigenvalue weighted by atomic mass is 16.5. The van der Waals surface area contributed by atoms with Gasteiger partial charge in [0.15, 0.2) is 0 Å². The molecular weight excluding hydrogens is 414 g/mol. The monoisotopic (exact) mass is 449 g/mol. The van der Waals surface area contributed by atoms with Crippen LogP contribution in [0.1, 0.15) is 56.3 Å². The lowest BCUT2D eigenvalue weighted by molar-refractivity contribution is -0.0500. The fraction of sp³-hybridized carbons (Fsp3) is 0.640. The van der Waals surface area contributed by atoms with Gasteiger partial charge in [-0.2, -0.15) is 0 Å². The molecule has 4 fully saturated rings. The predicted octanol–water partition coefficient (Wildman–Crippen LogP) is 2.45. The SMILES string of the molecule is CC1(OC2CCC3NNC(c4cc(N5CCN(Cc6ccncc6)CC5)ncn4)C3C2)CC1. The molecule has 0 spiro atoms. The first-order valence-corrected chi connectivity index (χ1v) is 12.5. The maximum Gasteiger partial charge on any atom is 0.132 e. The normalized spacial score (nSPS) is 31.4. The summed E-state index contributed by atoms with van der Waals surface area (Å²) in [6.07, 6.45) is 11.7. The molecule has 2 N–H and O–H groups in total. The van der Waals surface area contributed by atoms with Crippen LogP contribution in [0.25, 0.3) is 0 Å². The average molecular weight is 450 g/mol. The minimum Gasteiger partial charge on any atom is -0.372 e. The van der Waals surface area contributed by atoms with Gasteiger partial charge in [-0.15, -0.1) is 0 Å². The summed E-state index contributed by atoms with van der Waals surface area (Å²) in [5.41, 5.74) is 9.66. The zero-order valence-electron chi connectivity index (χ0n) is 19.5. The van der Waals surface area contributed by atoms with Crippen molar-refractivity contribution >= 4 is 5.82 Å². The fourth-order valence-electron chi connectivity index (χ4n) is 5.70. The molecule has 0 aromatic carbocycles. The Hall–Kier alpha value is -2.13. The van der Waals surface area contributed by atoms with Gasteiger partial charge >= 0.3 is 0 Å². The lowest BCUT2D eigenvalue weighted by Gasteiger charge is -2.36. The van der Waals surface area contributed by atoms with Crippen molar-refractivity contribution in [3.05, 3.63) is 48.2 Å². The van der Waals surface area contributed by atoms with E-state index >= 15 is 0 Å². The van der Waals surface area contributed by atoms with Crippen molar-refractivity contribution in [2.75, 3.05) is 31.1 Å². The zero-order chi connectivity index (χ0) is 22.3. The van der Waals surface area contributed by atoms with E-state index in [1.807, 2.05) is 12.4 Å². The molecule has 0 radical (unpaired) electrons. The molecule has 8 heteroatoms. The van der Waals surface area contributed by atoms with Gasteiger partial charge in [-0.1, -0.05) is 0 Å². The summed E-state index contributed by atoms with van der Waals surface area (Å²) in [4.78, 5) is 18.3. The Bertz CT molecular complexity index is 945. The fourth-order valence-corrected chi connectivity index (χ4v) is 5.70. The van der Waals surface area contributed by atoms with Crippen LogP contribution in [0, 0.1) is 5.92 Å². The van der Waals surface area contributed by atoms with Crippen LogP contribution < -0.4 is 15.8 Å². The lowest BCUT2D eigenvalue weighted by Crippen LogP contribution is -2.46. The van der Waals surface area contributed by atoms with Crippen molar-refractivity contribution in [3.8, 4) is 0 Å². The number of nitrogens with zero attached hydrogens (tertiary/aromatic N) is 5. The van der Waals surface area contributed by atoms with E-state index in [4.69, 9.17) is 9.72 Å². The Kier molecular flexibility index (Phi) is 5.78. The van der Waals surface area contributed by atoms with Gasteiger partial charge in [-0.25, -0.2) is 15.4 Å². The average Bonchev–Trinajstić information content (AvgIpc) is 3.42. The Morgan fingerprint density at radius 3 is 2.67 bits per heavy atom. The molecule has 0 bridgehead atoms. The molecule has 2 aliphatic carbocycles. The van der Waals surface area contributed by atoms with E-state index in [1.165, 1.54) is 18.4 Å². The number of nitrogens with one attached hydrogen (secondary N) is 2. The third-order valence-corrected chi connectivity index (χ3v) is 7.95. The van der Waals surface area contributed by atoms with E-state index in [0.717, 1.165) is 63.5 Å². The molecule has 4 atom stereocenters. The number of ether oxygens (including phenoxy) is 1. The van der Waals surface area contributed by atoms with Crippen LogP contribution in [-0.4, -0.2) is 63.8 Å². The van der Waals surface area contributed by atoms with Crippen molar-refractivity contribution in [3.63, 3.8) is 0 Å². The molecule has 4 unspecified atom stereocenters. The summed E-state index contributed by atoms with van der Waals surface area (Å²) in [5.74, 6) is 1.55. The number of anilines is 1. The molecule has 2 saturated carbocycles. The van der Waals surface area contributed by atoms with Crippen molar-refractivity contribution in [1.82, 2.24) is 30.7 Å². The summed E-state index contributed by atoms with van der Waals surface area (Å²) < 4.78 is 6.45. The van der Waals surface area contributed by atoms with E-state index < -0.39 is 0 Å². The van der Waals surface area contributed by atoms with Crippen LogP contribution in [0.3, 0.4) is 0 Å². The van der Waals surface area contributed by atoms with Gasteiger partial charge in [0.25, 0.3) is 0 Å². The first kappa shape index (κ1) is 21.4. The lowest BCUT2D eigenvalue weighted by atomic mass is 9.79. The molecule has 6 rings (SSSR count). The van der Waals surface area contributed by atoms with Crippen LogP contribution in [0.4, 0.5) is 5.82 Å². The number of fused-ring (bicyclic) bond motifs is 1. The van der Waals surface area contributed by atoms with E-state index in [1.54, 1.807) is 6.33 Å². The highest BCUT2D eigenvalue weighted by Gasteiger charge is 2.46. The smallest absolute Gasteiger partial charge is 0.132 e. The molecule has 8 nitrogen and oxygen atoms in total. The maximum absolute atomic E-state index is 6.45. The molecule has 2 aromatic heterocycles. The zero-order valence-corrected chi connectivity index (χ0v) is 19.5. The quantitative estimate of drug-likeness (QED) is 0.696. The third kappa shape index (κ3) is 4.75. The first-order valence-electron chi connectivity index (χ1n) is 12.5. The van der Waals surface area contributed by atoms with Crippen LogP contribution in [0.5, 0.6) is 0 Å². The highest BCUT2D eigenvalue weighted by Crippen LogP contribution is 2.45. The van der Waals surface area contributed by atoms with Crippen LogP contribution >= 0.6 is 0 Å². The van der Waals surface area contributed by atoms with Crippen LogP contribution in [0.2, 0.25) is 0 Å². The van der Waals surface area contributed by atoms with Gasteiger partial charge in [0, 0.05) is 63.1 Å². The van der Waals surface area contributed by atoms with Gasteiger partial charge < -0.3 is 9.64 Å². The minimum atomic E-state index is 0.147. The summed E-state index contributed by atoms with van der Waals surface area (Å²) in [6, 6.07) is 7.11. The summed E-state index contributed by atoms with van der Waals surface area (Å²) >= 11 is 0. The molecule has 2 aliphatic heterocycles. The molecule has 176 valence electrons. The van der Waals surface area contributed by atoms with Crippen molar-refractivity contribution < 1.29 is 4.74 Å². The number of aromatic nitrogens is 3. The van der Waals surface area contributed by atoms with Gasteiger partial charge in [-0.3, -0.25) is 15.3 Å². The van der Waals surface area contributed by atoms with Gasteiger partial charge in [0.05, 0.1) is 23.4 Å². The highest BCUT2D eigenvalue weighted by molar-refractivity contribution is 5.40. The Morgan fingerprint density at radius 2 is 1.88 bits per heavy atom. The summed E-state index contributed by atoms with van der Waals surface area (Å²) in [7, 11) is 0. The second kappa shape index (κ2) is 8.91. The molecule has 0 amide bonds. The number of hydrogen-bond acceptors (Lipinski definition) is 8. The number of pyridine rings is 1. The van der Waals surface area contributed by atoms with Crippen LogP contribution in [0.15, 0.2) is 36.9 Å². The Balaban J connectivity index is 1.09. The number of rotatable bonds is 6. The molecule has 2 aromatic rings. The van der Waals surface area contributed by atoms with Crippen LogP contribution in [-0.2, 0) is 11.3 Å². The molecule has 4 aliphatic rings. The summed E-state index contributed by atoms with van der Waals surface area (Å²) in [5, 5.41) is 0. The maximum atomic E-state index is 6.45. The summed E-state index contributed by atoms with van der Waals surface area (Å²) in [6.45, 7) is 7.28. The Labute approximate surface area is 196 Å². The molecule has 33 heavy (non-hydrogen) atoms. The topological polar surface area (TPSA) is 78.4 Å². The van der Waals surface area contributed by atoms with E-state index in [-0.39, 0.29) is 11.6 Å². The van der Waals surface area contributed by atoms with Gasteiger partial charge in [0.2, 0.25) is 0 Å². The minimum absolute atomic E-state index is 0.147. The Morgan fingerprint density at radius 1 is 1.06 bits per heavy atom. The number of piperazine rings is 1. The van der Waals surface area contributed by atoms with E-state index in [0.29, 0.717) is 18.1 Å². The molecule has 4 heterocycles. The van der Waals surface area contributed by atoms with Gasteiger partial charge in [0.1, 0.15) is 12.1 Å². The second-order valence-electron chi connectivity index (χ2n) is 10.5. The van der Waals surface area contributed by atoms with E-state index in [2.05, 4.69) is 55.7 Å².